The number of rotatable bonds is 5. The predicted molar refractivity (Wildman–Crippen MR) is 160 cm³/mol. The minimum atomic E-state index is -0.848. The van der Waals surface area contributed by atoms with Crippen molar-refractivity contribution in [2.45, 2.75) is 84.0 Å². The average Bonchev–Trinajstić information content (AvgIpc) is 2.93. The Morgan fingerprint density at radius 2 is 1.78 bits per heavy atom. The Bertz CT molecular complexity index is 1190. The van der Waals surface area contributed by atoms with E-state index in [1.165, 1.54) is 6.07 Å². The van der Waals surface area contributed by atoms with Gasteiger partial charge in [-0.05, 0) is 67.9 Å². The highest BCUT2D eigenvalue weighted by atomic mass is 35.5. The number of hydrogen-bond donors (Lipinski definition) is 5. The van der Waals surface area contributed by atoms with Crippen molar-refractivity contribution in [1.82, 2.24) is 21.3 Å². The number of fused-ring (bicyclic) bond motifs is 1. The number of aryl methyl sites for hydroxylation is 1. The summed E-state index contributed by atoms with van der Waals surface area (Å²) in [5.41, 5.74) is 1.77. The molecule has 0 aliphatic carbocycles. The Balaban J connectivity index is 1.91. The number of para-hydroxylation sites is 1. The first-order chi connectivity index (χ1) is 19.6. The summed E-state index contributed by atoms with van der Waals surface area (Å²) in [5.74, 6) is -0.517. The van der Waals surface area contributed by atoms with E-state index in [9.17, 15) is 19.5 Å². The smallest absolute Gasteiger partial charge is 0.243 e. The predicted octanol–water partition coefficient (Wildman–Crippen LogP) is 3.50. The van der Waals surface area contributed by atoms with E-state index in [0.29, 0.717) is 38.8 Å². The molecule has 1 aliphatic rings. The molecular weight excluding hydrogens is 544 g/mol. The largest absolute Gasteiger partial charge is 0.506 e. The summed E-state index contributed by atoms with van der Waals surface area (Å²) in [7, 11) is 0. The Morgan fingerprint density at radius 1 is 1.02 bits per heavy atom. The number of halogens is 1. The topological polar surface area (TPSA) is 129 Å². The summed E-state index contributed by atoms with van der Waals surface area (Å²) in [6, 6.07) is 10.1. The molecule has 9 nitrogen and oxygen atoms in total. The maximum atomic E-state index is 13.7. The minimum Gasteiger partial charge on any atom is -0.506 e. The molecule has 41 heavy (non-hydrogen) atoms. The molecule has 0 saturated heterocycles. The number of phenolic OH excluding ortho intramolecular Hbond substituents is 1. The lowest BCUT2D eigenvalue weighted by molar-refractivity contribution is -0.133. The van der Waals surface area contributed by atoms with Crippen LogP contribution in [-0.4, -0.2) is 60.1 Å². The van der Waals surface area contributed by atoms with Gasteiger partial charge in [-0.1, -0.05) is 63.1 Å². The number of carbonyl (C=O) groups excluding carboxylic acids is 3. The number of hydrogen-bond acceptors (Lipinski definition) is 6. The molecule has 0 bridgehead atoms. The van der Waals surface area contributed by atoms with E-state index in [1.807, 2.05) is 52.0 Å². The fourth-order valence-electron chi connectivity index (χ4n) is 4.82. The molecule has 2 aromatic carbocycles. The molecule has 0 radical (unpaired) electrons. The standard InChI is InChI=1S/C31H43ClN4O5/c1-5-9-24-29(38)33-15-8-11-22-10-6-7-12-27(22)41-18-20(4)34-25(17-21-13-14-26(37)23(32)16-21)30(39)36-28(19(2)3)31(40)35-24/h6-7,10,12-14,16,19-20,24-25,28,34,37H,5,8-9,11,15,17-18H2,1-4H3,(H,33,38)(H,35,40)(H,36,39)/t20-,24-,25+,28+/m0/s1. The molecule has 0 saturated carbocycles. The van der Waals surface area contributed by atoms with Crippen LogP contribution >= 0.6 is 11.6 Å². The molecule has 3 rings (SSSR count). The third-order valence-corrected chi connectivity index (χ3v) is 7.40. The molecule has 1 aliphatic heterocycles. The molecular formula is C31H43ClN4O5. The maximum Gasteiger partial charge on any atom is 0.243 e. The van der Waals surface area contributed by atoms with Gasteiger partial charge >= 0.3 is 0 Å². The average molecular weight is 587 g/mol. The zero-order valence-electron chi connectivity index (χ0n) is 24.3. The molecule has 0 fully saturated rings. The second-order valence-corrected chi connectivity index (χ2v) is 11.4. The van der Waals surface area contributed by atoms with Crippen LogP contribution in [-0.2, 0) is 27.2 Å². The van der Waals surface area contributed by atoms with Gasteiger partial charge in [0, 0.05) is 12.6 Å². The van der Waals surface area contributed by atoms with Gasteiger partial charge in [-0.25, -0.2) is 0 Å². The summed E-state index contributed by atoms with van der Waals surface area (Å²) in [4.78, 5) is 40.1. The summed E-state index contributed by atoms with van der Waals surface area (Å²) in [6.07, 6.45) is 2.89. The number of ether oxygens (including phenoxy) is 1. The molecule has 0 unspecified atom stereocenters. The zero-order valence-corrected chi connectivity index (χ0v) is 25.1. The van der Waals surface area contributed by atoms with Gasteiger partial charge in [0.15, 0.2) is 0 Å². The van der Waals surface area contributed by atoms with Gasteiger partial charge in [0.2, 0.25) is 17.7 Å². The molecule has 1 heterocycles. The van der Waals surface area contributed by atoms with Crippen molar-refractivity contribution in [2.24, 2.45) is 5.92 Å². The van der Waals surface area contributed by atoms with Crippen molar-refractivity contribution in [2.75, 3.05) is 13.2 Å². The zero-order chi connectivity index (χ0) is 29.9. The lowest BCUT2D eigenvalue weighted by Gasteiger charge is -2.29. The minimum absolute atomic E-state index is 0.0415. The maximum absolute atomic E-state index is 13.7. The monoisotopic (exact) mass is 586 g/mol. The highest BCUT2D eigenvalue weighted by molar-refractivity contribution is 6.32. The highest BCUT2D eigenvalue weighted by Gasteiger charge is 2.31. The molecule has 4 atom stereocenters. The first-order valence-electron chi connectivity index (χ1n) is 14.4. The fourth-order valence-corrected chi connectivity index (χ4v) is 5.02. The van der Waals surface area contributed by atoms with Crippen molar-refractivity contribution in [1.29, 1.82) is 0 Å². The number of phenols is 1. The van der Waals surface area contributed by atoms with Crippen LogP contribution in [0.15, 0.2) is 42.5 Å². The summed E-state index contributed by atoms with van der Waals surface area (Å²) in [5, 5.41) is 22.1. The molecule has 0 spiro atoms. The Kier molecular flexibility index (Phi) is 12.3. The van der Waals surface area contributed by atoms with Crippen molar-refractivity contribution >= 4 is 29.3 Å². The fraction of sp³-hybridized carbons (Fsp3) is 0.516. The molecule has 224 valence electrons. The van der Waals surface area contributed by atoms with E-state index in [-0.39, 0.29) is 41.0 Å². The van der Waals surface area contributed by atoms with Crippen molar-refractivity contribution in [3.8, 4) is 11.5 Å². The van der Waals surface area contributed by atoms with Gasteiger partial charge in [0.05, 0.1) is 11.1 Å². The van der Waals surface area contributed by atoms with Gasteiger partial charge in [-0.3, -0.25) is 19.7 Å². The third kappa shape index (κ3) is 9.64. The van der Waals surface area contributed by atoms with Crippen LogP contribution in [0.4, 0.5) is 0 Å². The van der Waals surface area contributed by atoms with E-state index < -0.39 is 24.0 Å². The second-order valence-electron chi connectivity index (χ2n) is 11.0. The normalized spacial score (nSPS) is 23.3. The van der Waals surface area contributed by atoms with Gasteiger partial charge in [0.1, 0.15) is 30.2 Å². The third-order valence-electron chi connectivity index (χ3n) is 7.09. The molecule has 5 N–H and O–H groups in total. The molecule has 3 amide bonds. The van der Waals surface area contributed by atoms with Gasteiger partial charge in [0.25, 0.3) is 0 Å². The van der Waals surface area contributed by atoms with E-state index in [4.69, 9.17) is 16.3 Å². The Morgan fingerprint density at radius 3 is 2.49 bits per heavy atom. The van der Waals surface area contributed by atoms with E-state index in [2.05, 4.69) is 21.3 Å². The van der Waals surface area contributed by atoms with E-state index in [1.54, 1.807) is 12.1 Å². The van der Waals surface area contributed by atoms with Crippen LogP contribution in [0.25, 0.3) is 0 Å². The van der Waals surface area contributed by atoms with E-state index >= 15 is 0 Å². The van der Waals surface area contributed by atoms with E-state index in [0.717, 1.165) is 16.9 Å². The van der Waals surface area contributed by atoms with Crippen molar-refractivity contribution < 1.29 is 24.2 Å². The molecule has 0 aromatic heterocycles. The number of carbonyl (C=O) groups is 3. The van der Waals surface area contributed by atoms with Crippen molar-refractivity contribution in [3.63, 3.8) is 0 Å². The summed E-state index contributed by atoms with van der Waals surface area (Å²) >= 11 is 6.14. The van der Waals surface area contributed by atoms with Crippen LogP contribution in [0.5, 0.6) is 11.5 Å². The van der Waals surface area contributed by atoms with Gasteiger partial charge in [-0.15, -0.1) is 0 Å². The number of nitrogens with one attached hydrogen (secondary N) is 4. The first kappa shape index (κ1) is 32.2. The van der Waals surface area contributed by atoms with Crippen LogP contribution < -0.4 is 26.0 Å². The first-order valence-corrected chi connectivity index (χ1v) is 14.8. The van der Waals surface area contributed by atoms with Crippen LogP contribution in [0.3, 0.4) is 0 Å². The lowest BCUT2D eigenvalue weighted by Crippen LogP contribution is -2.59. The van der Waals surface area contributed by atoms with Crippen LogP contribution in [0.2, 0.25) is 5.02 Å². The summed E-state index contributed by atoms with van der Waals surface area (Å²) < 4.78 is 6.16. The lowest BCUT2D eigenvalue weighted by atomic mass is 9.99. The quantitative estimate of drug-likeness (QED) is 0.365. The second kappa shape index (κ2) is 15.6. The highest BCUT2D eigenvalue weighted by Crippen LogP contribution is 2.24. The Hall–Kier alpha value is -3.30. The van der Waals surface area contributed by atoms with Gasteiger partial charge in [-0.2, -0.15) is 0 Å². The Labute approximate surface area is 247 Å². The number of amides is 3. The SMILES string of the molecule is CCC[C@@H]1NC(=O)[C@@H](C(C)C)NC(=O)[C@@H](Cc2ccc(O)c(Cl)c2)N[C@@H](C)COc2ccccc2CCCNC1=O. The number of aromatic hydroxyl groups is 1. The van der Waals surface area contributed by atoms with Crippen molar-refractivity contribution in [3.05, 3.63) is 58.6 Å². The number of benzene rings is 2. The molecule has 10 heteroatoms. The molecule has 2 aromatic rings. The van der Waals surface area contributed by atoms with Gasteiger partial charge < -0.3 is 25.8 Å². The summed E-state index contributed by atoms with van der Waals surface area (Å²) in [6.45, 7) is 8.36. The van der Waals surface area contributed by atoms with Crippen LogP contribution in [0.1, 0.15) is 58.1 Å². The van der Waals surface area contributed by atoms with Crippen LogP contribution in [0, 0.1) is 5.92 Å².